The summed E-state index contributed by atoms with van der Waals surface area (Å²) in [5.74, 6) is -1.28. The Hall–Kier alpha value is -3.48. The number of amides is 4. The van der Waals surface area contributed by atoms with Crippen LogP contribution in [-0.4, -0.2) is 29.7 Å². The highest BCUT2D eigenvalue weighted by atomic mass is 16.2. The molecule has 0 spiro atoms. The van der Waals surface area contributed by atoms with Crippen LogP contribution in [0.5, 0.6) is 0 Å². The highest BCUT2D eigenvalue weighted by Crippen LogP contribution is 2.36. The first-order valence-electron chi connectivity index (χ1n) is 12.5. The fraction of sp³-hybridized carbons (Fsp3) is 0.448. The van der Waals surface area contributed by atoms with Crippen LogP contribution in [0.2, 0.25) is 0 Å². The van der Waals surface area contributed by atoms with E-state index in [1.165, 1.54) is 0 Å². The van der Waals surface area contributed by atoms with E-state index < -0.39 is 11.5 Å². The summed E-state index contributed by atoms with van der Waals surface area (Å²) in [5.41, 5.74) is 2.23. The van der Waals surface area contributed by atoms with Crippen LogP contribution < -0.4 is 16.0 Å². The standard InChI is InChI=1S/C29H37N3O4/c1-7-29(17-16-23(33)31-27(29)36)21-12-14-22(15-13-21)30-26(35)24(18(2)3)32-25(34)19-8-10-20(11-9-19)28(4,5)6/h8-15,18,24H,7,16-17H2,1-6H3,(H,30,35)(H,32,34)(H,31,33,36). The molecule has 2 aromatic carbocycles. The molecule has 2 atom stereocenters. The van der Waals surface area contributed by atoms with Crippen molar-refractivity contribution in [3.63, 3.8) is 0 Å². The van der Waals surface area contributed by atoms with Gasteiger partial charge in [0.25, 0.3) is 5.91 Å². The second kappa shape index (κ2) is 10.6. The number of piperidine rings is 1. The number of hydrogen-bond donors (Lipinski definition) is 3. The van der Waals surface area contributed by atoms with E-state index in [2.05, 4.69) is 36.7 Å². The monoisotopic (exact) mass is 491 g/mol. The van der Waals surface area contributed by atoms with Gasteiger partial charge in [-0.3, -0.25) is 24.5 Å². The average Bonchev–Trinajstić information content (AvgIpc) is 2.82. The number of rotatable bonds is 7. The lowest BCUT2D eigenvalue weighted by Gasteiger charge is -2.35. The van der Waals surface area contributed by atoms with E-state index in [1.54, 1.807) is 24.3 Å². The first-order chi connectivity index (χ1) is 16.9. The van der Waals surface area contributed by atoms with Crippen LogP contribution in [0.3, 0.4) is 0 Å². The fourth-order valence-electron chi connectivity index (χ4n) is 4.54. The molecule has 1 aliphatic heterocycles. The second-order valence-corrected chi connectivity index (χ2v) is 10.9. The van der Waals surface area contributed by atoms with Crippen molar-refractivity contribution in [1.82, 2.24) is 10.6 Å². The minimum absolute atomic E-state index is 0.0140. The van der Waals surface area contributed by atoms with Gasteiger partial charge in [-0.15, -0.1) is 0 Å². The summed E-state index contributed by atoms with van der Waals surface area (Å²) in [7, 11) is 0. The summed E-state index contributed by atoms with van der Waals surface area (Å²) >= 11 is 0. The van der Waals surface area contributed by atoms with Gasteiger partial charge in [0.05, 0.1) is 5.41 Å². The molecule has 2 aromatic rings. The highest BCUT2D eigenvalue weighted by Gasteiger charge is 2.42. The Labute approximate surface area is 213 Å². The number of carbonyl (C=O) groups is 4. The smallest absolute Gasteiger partial charge is 0.251 e. The van der Waals surface area contributed by atoms with E-state index in [0.717, 1.165) is 11.1 Å². The number of imide groups is 1. The predicted molar refractivity (Wildman–Crippen MR) is 141 cm³/mol. The predicted octanol–water partition coefficient (Wildman–Crippen LogP) is 4.46. The summed E-state index contributed by atoms with van der Waals surface area (Å²) in [6.45, 7) is 12.0. The molecule has 3 N–H and O–H groups in total. The molecule has 1 saturated heterocycles. The zero-order valence-electron chi connectivity index (χ0n) is 22.0. The third-order valence-electron chi connectivity index (χ3n) is 7.02. The maximum Gasteiger partial charge on any atom is 0.251 e. The van der Waals surface area contributed by atoms with Crippen molar-refractivity contribution >= 4 is 29.3 Å². The van der Waals surface area contributed by atoms with Gasteiger partial charge in [0.15, 0.2) is 0 Å². The molecule has 0 aliphatic carbocycles. The fourth-order valence-corrected chi connectivity index (χ4v) is 4.54. The van der Waals surface area contributed by atoms with Crippen molar-refractivity contribution in [2.75, 3.05) is 5.32 Å². The normalized spacial score (nSPS) is 19.0. The zero-order chi connectivity index (χ0) is 26.7. The SMILES string of the molecule is CCC1(c2ccc(NC(=O)C(NC(=O)c3ccc(C(C)(C)C)cc3)C(C)C)cc2)CCC(=O)NC1=O. The molecule has 0 radical (unpaired) electrons. The quantitative estimate of drug-likeness (QED) is 0.497. The molecule has 0 aromatic heterocycles. The Kier molecular flexibility index (Phi) is 8.02. The first-order valence-corrected chi connectivity index (χ1v) is 12.5. The maximum atomic E-state index is 13.1. The Bertz CT molecular complexity index is 1130. The van der Waals surface area contributed by atoms with E-state index in [9.17, 15) is 19.2 Å². The van der Waals surface area contributed by atoms with Crippen molar-refractivity contribution < 1.29 is 19.2 Å². The van der Waals surface area contributed by atoms with Crippen LogP contribution in [0.4, 0.5) is 5.69 Å². The van der Waals surface area contributed by atoms with E-state index in [1.807, 2.05) is 45.0 Å². The molecule has 0 bridgehead atoms. The summed E-state index contributed by atoms with van der Waals surface area (Å²) in [6.07, 6.45) is 1.32. The van der Waals surface area contributed by atoms with Crippen LogP contribution in [0.25, 0.3) is 0 Å². The van der Waals surface area contributed by atoms with Crippen molar-refractivity contribution in [3.05, 3.63) is 65.2 Å². The number of carbonyl (C=O) groups excluding carboxylic acids is 4. The molecule has 1 heterocycles. The minimum Gasteiger partial charge on any atom is -0.340 e. The van der Waals surface area contributed by atoms with Gasteiger partial charge in [0.1, 0.15) is 6.04 Å². The minimum atomic E-state index is -0.757. The van der Waals surface area contributed by atoms with Crippen LogP contribution in [0.15, 0.2) is 48.5 Å². The molecule has 1 aliphatic rings. The summed E-state index contributed by atoms with van der Waals surface area (Å²) in [4.78, 5) is 50.2. The van der Waals surface area contributed by atoms with E-state index in [-0.39, 0.29) is 35.0 Å². The number of benzene rings is 2. The molecule has 2 unspecified atom stereocenters. The zero-order valence-corrected chi connectivity index (χ0v) is 22.0. The summed E-state index contributed by atoms with van der Waals surface area (Å²) in [5, 5.41) is 8.19. The van der Waals surface area contributed by atoms with Crippen molar-refractivity contribution in [2.24, 2.45) is 5.92 Å². The van der Waals surface area contributed by atoms with Crippen LogP contribution in [0.1, 0.15) is 82.3 Å². The Morgan fingerprint density at radius 2 is 1.61 bits per heavy atom. The number of anilines is 1. The molecule has 3 rings (SSSR count). The second-order valence-electron chi connectivity index (χ2n) is 10.9. The molecule has 1 fully saturated rings. The Morgan fingerprint density at radius 3 is 2.11 bits per heavy atom. The van der Waals surface area contributed by atoms with Gasteiger partial charge in [-0.05, 0) is 59.6 Å². The highest BCUT2D eigenvalue weighted by molar-refractivity contribution is 6.04. The topological polar surface area (TPSA) is 104 Å². The molecular weight excluding hydrogens is 454 g/mol. The third-order valence-corrected chi connectivity index (χ3v) is 7.02. The summed E-state index contributed by atoms with van der Waals surface area (Å²) < 4.78 is 0. The van der Waals surface area contributed by atoms with Gasteiger partial charge in [0, 0.05) is 17.7 Å². The van der Waals surface area contributed by atoms with Crippen molar-refractivity contribution in [1.29, 1.82) is 0 Å². The van der Waals surface area contributed by atoms with Gasteiger partial charge in [-0.25, -0.2) is 0 Å². The van der Waals surface area contributed by atoms with Gasteiger partial charge >= 0.3 is 0 Å². The molecule has 192 valence electrons. The maximum absolute atomic E-state index is 13.1. The van der Waals surface area contributed by atoms with E-state index in [4.69, 9.17) is 0 Å². The Balaban J connectivity index is 1.70. The van der Waals surface area contributed by atoms with Crippen molar-refractivity contribution in [2.45, 2.75) is 77.7 Å². The molecule has 7 heteroatoms. The lowest BCUT2D eigenvalue weighted by atomic mass is 9.72. The van der Waals surface area contributed by atoms with Gasteiger partial charge in [-0.1, -0.05) is 65.8 Å². The van der Waals surface area contributed by atoms with E-state index in [0.29, 0.717) is 30.5 Å². The van der Waals surface area contributed by atoms with Crippen LogP contribution in [0, 0.1) is 5.92 Å². The summed E-state index contributed by atoms with van der Waals surface area (Å²) in [6, 6.07) is 13.8. The molecule has 4 amide bonds. The lowest BCUT2D eigenvalue weighted by Crippen LogP contribution is -2.51. The van der Waals surface area contributed by atoms with Crippen molar-refractivity contribution in [3.8, 4) is 0 Å². The van der Waals surface area contributed by atoms with Gasteiger partial charge in [0.2, 0.25) is 17.7 Å². The molecule has 0 saturated carbocycles. The number of nitrogens with one attached hydrogen (secondary N) is 3. The molecule has 7 nitrogen and oxygen atoms in total. The van der Waals surface area contributed by atoms with Crippen LogP contribution in [-0.2, 0) is 25.2 Å². The third kappa shape index (κ3) is 5.83. The Morgan fingerprint density at radius 1 is 1.00 bits per heavy atom. The van der Waals surface area contributed by atoms with Gasteiger partial charge in [-0.2, -0.15) is 0 Å². The lowest BCUT2D eigenvalue weighted by molar-refractivity contribution is -0.138. The molecular formula is C29H37N3O4. The van der Waals surface area contributed by atoms with Gasteiger partial charge < -0.3 is 10.6 Å². The number of hydrogen-bond acceptors (Lipinski definition) is 4. The van der Waals surface area contributed by atoms with Crippen LogP contribution >= 0.6 is 0 Å². The van der Waals surface area contributed by atoms with E-state index >= 15 is 0 Å². The largest absolute Gasteiger partial charge is 0.340 e. The first kappa shape index (κ1) is 27.1. The average molecular weight is 492 g/mol. The molecule has 36 heavy (non-hydrogen) atoms.